The molecule has 1 aliphatic carbocycles. The van der Waals surface area contributed by atoms with Gasteiger partial charge in [-0.15, -0.1) is 0 Å². The third kappa shape index (κ3) is 2.13. The quantitative estimate of drug-likeness (QED) is 0.782. The molecule has 0 bridgehead atoms. The summed E-state index contributed by atoms with van der Waals surface area (Å²) in [6, 6.07) is 5.45. The summed E-state index contributed by atoms with van der Waals surface area (Å²) in [4.78, 5) is 15.5. The first kappa shape index (κ1) is 9.66. The van der Waals surface area contributed by atoms with Crippen LogP contribution in [0.3, 0.4) is 0 Å². The summed E-state index contributed by atoms with van der Waals surface area (Å²) in [5, 5.41) is 11.5. The highest BCUT2D eigenvalue weighted by Crippen LogP contribution is 2.18. The number of carbonyl (C=O) groups is 1. The Morgan fingerprint density at radius 2 is 2.33 bits per heavy atom. The SMILES string of the molecule is N#Cc1ccc(C(=O)NC2CCC2)nc1. The van der Waals surface area contributed by atoms with E-state index >= 15 is 0 Å². The summed E-state index contributed by atoms with van der Waals surface area (Å²) in [6.07, 6.45) is 4.71. The summed E-state index contributed by atoms with van der Waals surface area (Å²) < 4.78 is 0. The predicted octanol–water partition coefficient (Wildman–Crippen LogP) is 1.24. The number of amides is 1. The number of pyridine rings is 1. The Bertz CT molecular complexity index is 401. The van der Waals surface area contributed by atoms with Gasteiger partial charge in [0.05, 0.1) is 5.56 Å². The molecule has 0 spiro atoms. The summed E-state index contributed by atoms with van der Waals surface area (Å²) in [6.45, 7) is 0. The van der Waals surface area contributed by atoms with E-state index in [1.165, 1.54) is 12.6 Å². The van der Waals surface area contributed by atoms with E-state index in [0.29, 0.717) is 17.3 Å². The summed E-state index contributed by atoms with van der Waals surface area (Å²) in [5.41, 5.74) is 0.844. The number of rotatable bonds is 2. The molecule has 1 aliphatic rings. The van der Waals surface area contributed by atoms with Crippen LogP contribution in [0.4, 0.5) is 0 Å². The number of nitrogens with one attached hydrogen (secondary N) is 1. The Hall–Kier alpha value is -1.89. The van der Waals surface area contributed by atoms with Crippen LogP contribution in [0.5, 0.6) is 0 Å². The Morgan fingerprint density at radius 1 is 1.53 bits per heavy atom. The minimum absolute atomic E-state index is 0.149. The van der Waals surface area contributed by atoms with Gasteiger partial charge in [-0.1, -0.05) is 0 Å². The van der Waals surface area contributed by atoms with Gasteiger partial charge in [0, 0.05) is 12.2 Å². The molecular weight excluding hydrogens is 190 g/mol. The minimum atomic E-state index is -0.149. The maximum Gasteiger partial charge on any atom is 0.270 e. The molecule has 1 aromatic heterocycles. The lowest BCUT2D eigenvalue weighted by Crippen LogP contribution is -2.39. The largest absolute Gasteiger partial charge is 0.348 e. The third-order valence-corrected chi connectivity index (χ3v) is 2.57. The van der Waals surface area contributed by atoms with Crippen LogP contribution in [-0.4, -0.2) is 16.9 Å². The van der Waals surface area contributed by atoms with Gasteiger partial charge >= 0.3 is 0 Å². The Labute approximate surface area is 87.9 Å². The molecule has 0 saturated heterocycles. The molecule has 1 amide bonds. The normalized spacial score (nSPS) is 15.1. The number of aromatic nitrogens is 1. The van der Waals surface area contributed by atoms with Gasteiger partial charge in [-0.25, -0.2) is 4.98 Å². The number of carbonyl (C=O) groups excluding carboxylic acids is 1. The zero-order valence-corrected chi connectivity index (χ0v) is 8.23. The highest BCUT2D eigenvalue weighted by Gasteiger charge is 2.20. The van der Waals surface area contributed by atoms with E-state index in [2.05, 4.69) is 10.3 Å². The van der Waals surface area contributed by atoms with Gasteiger partial charge in [0.1, 0.15) is 11.8 Å². The van der Waals surface area contributed by atoms with Crippen LogP contribution in [0.15, 0.2) is 18.3 Å². The van der Waals surface area contributed by atoms with E-state index < -0.39 is 0 Å². The molecule has 15 heavy (non-hydrogen) atoms. The molecule has 1 heterocycles. The average Bonchev–Trinajstić information content (AvgIpc) is 2.23. The molecule has 76 valence electrons. The summed E-state index contributed by atoms with van der Waals surface area (Å²) in [7, 11) is 0. The van der Waals surface area contributed by atoms with Crippen LogP contribution in [0.2, 0.25) is 0 Å². The maximum absolute atomic E-state index is 11.6. The van der Waals surface area contributed by atoms with Crippen molar-refractivity contribution in [1.29, 1.82) is 5.26 Å². The number of nitriles is 1. The fourth-order valence-electron chi connectivity index (χ4n) is 1.41. The van der Waals surface area contributed by atoms with Crippen molar-refractivity contribution in [2.24, 2.45) is 0 Å². The van der Waals surface area contributed by atoms with Crippen LogP contribution in [0.1, 0.15) is 35.3 Å². The van der Waals surface area contributed by atoms with Crippen molar-refractivity contribution in [2.75, 3.05) is 0 Å². The molecular formula is C11H11N3O. The molecule has 1 saturated carbocycles. The van der Waals surface area contributed by atoms with Crippen molar-refractivity contribution in [2.45, 2.75) is 25.3 Å². The van der Waals surface area contributed by atoms with Crippen LogP contribution < -0.4 is 5.32 Å². The Morgan fingerprint density at radius 3 is 2.80 bits per heavy atom. The first-order valence-corrected chi connectivity index (χ1v) is 4.96. The third-order valence-electron chi connectivity index (χ3n) is 2.57. The molecule has 0 aliphatic heterocycles. The lowest BCUT2D eigenvalue weighted by atomic mass is 9.93. The van der Waals surface area contributed by atoms with Gasteiger partial charge in [0.2, 0.25) is 0 Å². The molecule has 0 radical (unpaired) electrons. The first-order valence-electron chi connectivity index (χ1n) is 4.96. The minimum Gasteiger partial charge on any atom is -0.348 e. The van der Waals surface area contributed by atoms with Crippen LogP contribution >= 0.6 is 0 Å². The van der Waals surface area contributed by atoms with Gasteiger partial charge in [0.15, 0.2) is 0 Å². The highest BCUT2D eigenvalue weighted by atomic mass is 16.1. The maximum atomic E-state index is 11.6. The zero-order valence-electron chi connectivity index (χ0n) is 8.23. The summed E-state index contributed by atoms with van der Waals surface area (Å²) in [5.74, 6) is -0.149. The monoisotopic (exact) mass is 201 g/mol. The van der Waals surface area contributed by atoms with E-state index in [4.69, 9.17) is 5.26 Å². The second kappa shape index (κ2) is 4.09. The van der Waals surface area contributed by atoms with Crippen LogP contribution in [0, 0.1) is 11.3 Å². The van der Waals surface area contributed by atoms with Gasteiger partial charge in [-0.2, -0.15) is 5.26 Å². The molecule has 1 aromatic rings. The molecule has 0 atom stereocenters. The van der Waals surface area contributed by atoms with Crippen LogP contribution in [0.25, 0.3) is 0 Å². The first-order chi connectivity index (χ1) is 7.29. The fraction of sp³-hybridized carbons (Fsp3) is 0.364. The van der Waals surface area contributed by atoms with Crippen molar-refractivity contribution in [3.63, 3.8) is 0 Å². The average molecular weight is 201 g/mol. The molecule has 0 unspecified atom stereocenters. The standard InChI is InChI=1S/C11H11N3O/c12-6-8-4-5-10(13-7-8)11(15)14-9-2-1-3-9/h4-5,7,9H,1-3H2,(H,14,15). The molecule has 2 rings (SSSR count). The van der Waals surface area contributed by atoms with Crippen molar-refractivity contribution in [1.82, 2.24) is 10.3 Å². The van der Waals surface area contributed by atoms with Crippen molar-refractivity contribution < 1.29 is 4.79 Å². The predicted molar refractivity (Wildman–Crippen MR) is 54.1 cm³/mol. The lowest BCUT2D eigenvalue weighted by molar-refractivity contribution is 0.0912. The van der Waals surface area contributed by atoms with E-state index in [9.17, 15) is 4.79 Å². The Balaban J connectivity index is 2.02. The van der Waals surface area contributed by atoms with Crippen molar-refractivity contribution in [3.8, 4) is 6.07 Å². The molecule has 4 heteroatoms. The van der Waals surface area contributed by atoms with Crippen molar-refractivity contribution >= 4 is 5.91 Å². The molecule has 0 aromatic carbocycles. The van der Waals surface area contributed by atoms with Gasteiger partial charge < -0.3 is 5.32 Å². The van der Waals surface area contributed by atoms with E-state index in [1.807, 2.05) is 6.07 Å². The second-order valence-electron chi connectivity index (χ2n) is 3.65. The fourth-order valence-corrected chi connectivity index (χ4v) is 1.41. The van der Waals surface area contributed by atoms with Crippen molar-refractivity contribution in [3.05, 3.63) is 29.6 Å². The molecule has 4 nitrogen and oxygen atoms in total. The molecule has 1 fully saturated rings. The number of nitrogens with zero attached hydrogens (tertiary/aromatic N) is 2. The number of hydrogen-bond donors (Lipinski definition) is 1. The topological polar surface area (TPSA) is 65.8 Å². The van der Waals surface area contributed by atoms with Gasteiger partial charge in [-0.3, -0.25) is 4.79 Å². The lowest BCUT2D eigenvalue weighted by Gasteiger charge is -2.26. The van der Waals surface area contributed by atoms with E-state index in [1.54, 1.807) is 12.1 Å². The molecule has 1 N–H and O–H groups in total. The smallest absolute Gasteiger partial charge is 0.270 e. The zero-order chi connectivity index (χ0) is 10.7. The summed E-state index contributed by atoms with van der Waals surface area (Å²) >= 11 is 0. The van der Waals surface area contributed by atoms with E-state index in [0.717, 1.165) is 12.8 Å². The van der Waals surface area contributed by atoms with E-state index in [-0.39, 0.29) is 5.91 Å². The van der Waals surface area contributed by atoms with Crippen LogP contribution in [-0.2, 0) is 0 Å². The highest BCUT2D eigenvalue weighted by molar-refractivity contribution is 5.92. The Kier molecular flexibility index (Phi) is 2.64. The van der Waals surface area contributed by atoms with Gasteiger partial charge in [-0.05, 0) is 31.4 Å². The number of hydrogen-bond acceptors (Lipinski definition) is 3. The van der Waals surface area contributed by atoms with Gasteiger partial charge in [0.25, 0.3) is 5.91 Å². The second-order valence-corrected chi connectivity index (χ2v) is 3.65.